The van der Waals surface area contributed by atoms with Gasteiger partial charge in [-0.3, -0.25) is 10.1 Å². The van der Waals surface area contributed by atoms with Crippen molar-refractivity contribution in [2.45, 2.75) is 12.8 Å². The number of nitrogens with zero attached hydrogens (tertiary/aromatic N) is 2. The molecule has 0 bridgehead atoms. The molecule has 0 aliphatic rings. The minimum atomic E-state index is -0.139. The molecule has 1 N–H and O–H groups in total. The zero-order chi connectivity index (χ0) is 15.2. The van der Waals surface area contributed by atoms with Crippen LogP contribution in [0.3, 0.4) is 0 Å². The molecule has 0 unspecified atom stereocenters. The van der Waals surface area contributed by atoms with Gasteiger partial charge in [0.15, 0.2) is 0 Å². The number of aromatic nitrogens is 2. The number of anilines is 1. The molecule has 0 aliphatic heterocycles. The highest BCUT2D eigenvalue weighted by atomic mass is 32.1. The van der Waals surface area contributed by atoms with Crippen LogP contribution in [0.5, 0.6) is 0 Å². The SMILES string of the molecule is O=C(Nc1nncs1)c1ccccc1CCc1ccccc1. The molecule has 22 heavy (non-hydrogen) atoms. The monoisotopic (exact) mass is 309 g/mol. The third-order valence-corrected chi connectivity index (χ3v) is 3.97. The van der Waals surface area contributed by atoms with Crippen LogP contribution in [0.4, 0.5) is 5.13 Å². The Balaban J connectivity index is 1.73. The maximum absolute atomic E-state index is 12.4. The molecule has 0 saturated heterocycles. The average molecular weight is 309 g/mol. The molecule has 1 aromatic heterocycles. The van der Waals surface area contributed by atoms with Crippen LogP contribution in [-0.2, 0) is 12.8 Å². The van der Waals surface area contributed by atoms with E-state index in [0.717, 1.165) is 18.4 Å². The van der Waals surface area contributed by atoms with E-state index >= 15 is 0 Å². The topological polar surface area (TPSA) is 54.9 Å². The molecule has 0 fully saturated rings. The Morgan fingerprint density at radius 3 is 2.55 bits per heavy atom. The van der Waals surface area contributed by atoms with Gasteiger partial charge in [-0.15, -0.1) is 10.2 Å². The zero-order valence-corrected chi connectivity index (χ0v) is 12.7. The average Bonchev–Trinajstić information content (AvgIpc) is 3.07. The normalized spacial score (nSPS) is 10.4. The van der Waals surface area contributed by atoms with Gasteiger partial charge in [-0.05, 0) is 30.0 Å². The number of nitrogens with one attached hydrogen (secondary N) is 1. The van der Waals surface area contributed by atoms with Crippen molar-refractivity contribution in [1.82, 2.24) is 10.2 Å². The summed E-state index contributed by atoms with van der Waals surface area (Å²) in [6.07, 6.45) is 1.73. The van der Waals surface area contributed by atoms with Gasteiger partial charge in [0.05, 0.1) is 0 Å². The lowest BCUT2D eigenvalue weighted by Crippen LogP contribution is -2.14. The molecule has 3 rings (SSSR count). The summed E-state index contributed by atoms with van der Waals surface area (Å²) >= 11 is 1.31. The molecular formula is C17H15N3OS. The van der Waals surface area contributed by atoms with E-state index in [2.05, 4.69) is 27.6 Å². The first kappa shape index (κ1) is 14.4. The fraction of sp³-hybridized carbons (Fsp3) is 0.118. The summed E-state index contributed by atoms with van der Waals surface area (Å²) in [5.41, 5.74) is 4.58. The predicted octanol–water partition coefficient (Wildman–Crippen LogP) is 3.58. The number of aryl methyl sites for hydroxylation is 2. The van der Waals surface area contributed by atoms with E-state index < -0.39 is 0 Å². The third kappa shape index (κ3) is 3.56. The van der Waals surface area contributed by atoms with Crippen molar-refractivity contribution in [2.75, 3.05) is 5.32 Å². The number of hydrogen-bond donors (Lipinski definition) is 1. The van der Waals surface area contributed by atoms with Gasteiger partial charge in [0.1, 0.15) is 5.51 Å². The largest absolute Gasteiger partial charge is 0.296 e. The van der Waals surface area contributed by atoms with Gasteiger partial charge < -0.3 is 0 Å². The number of benzene rings is 2. The summed E-state index contributed by atoms with van der Waals surface area (Å²) in [5, 5.41) is 10.9. The molecule has 1 heterocycles. The number of amides is 1. The summed E-state index contributed by atoms with van der Waals surface area (Å²) < 4.78 is 0. The van der Waals surface area contributed by atoms with Crippen LogP contribution in [0.15, 0.2) is 60.1 Å². The van der Waals surface area contributed by atoms with E-state index in [1.807, 2.05) is 42.5 Å². The Hall–Kier alpha value is -2.53. The van der Waals surface area contributed by atoms with Crippen LogP contribution >= 0.6 is 11.3 Å². The number of rotatable bonds is 5. The quantitative estimate of drug-likeness (QED) is 0.784. The molecule has 0 aliphatic carbocycles. The first-order valence-corrected chi connectivity index (χ1v) is 7.90. The summed E-state index contributed by atoms with van der Waals surface area (Å²) in [6, 6.07) is 17.9. The van der Waals surface area contributed by atoms with Crippen LogP contribution in [0.25, 0.3) is 0 Å². The van der Waals surface area contributed by atoms with Gasteiger partial charge in [0.25, 0.3) is 5.91 Å². The first-order valence-electron chi connectivity index (χ1n) is 7.02. The van der Waals surface area contributed by atoms with Crippen molar-refractivity contribution < 1.29 is 4.79 Å². The highest BCUT2D eigenvalue weighted by Crippen LogP contribution is 2.16. The molecule has 1 amide bonds. The Labute approximate surface area is 132 Å². The van der Waals surface area contributed by atoms with Crippen LogP contribution in [0.1, 0.15) is 21.5 Å². The van der Waals surface area contributed by atoms with E-state index in [1.165, 1.54) is 16.9 Å². The fourth-order valence-corrected chi connectivity index (χ4v) is 2.72. The fourth-order valence-electron chi connectivity index (χ4n) is 2.28. The second-order valence-electron chi connectivity index (χ2n) is 4.84. The van der Waals surface area contributed by atoms with Crippen molar-refractivity contribution in [3.8, 4) is 0 Å². The minimum absolute atomic E-state index is 0.139. The van der Waals surface area contributed by atoms with Gasteiger partial charge in [-0.25, -0.2) is 0 Å². The summed E-state index contributed by atoms with van der Waals surface area (Å²) in [4.78, 5) is 12.4. The van der Waals surface area contributed by atoms with Crippen molar-refractivity contribution >= 4 is 22.4 Å². The van der Waals surface area contributed by atoms with E-state index in [0.29, 0.717) is 10.7 Å². The minimum Gasteiger partial charge on any atom is -0.296 e. The summed E-state index contributed by atoms with van der Waals surface area (Å²) in [7, 11) is 0. The van der Waals surface area contributed by atoms with Crippen LogP contribution in [0.2, 0.25) is 0 Å². The third-order valence-electron chi connectivity index (χ3n) is 3.37. The van der Waals surface area contributed by atoms with Crippen molar-refractivity contribution in [3.63, 3.8) is 0 Å². The predicted molar refractivity (Wildman–Crippen MR) is 88.2 cm³/mol. The number of carbonyl (C=O) groups excluding carboxylic acids is 1. The van der Waals surface area contributed by atoms with E-state index in [9.17, 15) is 4.79 Å². The van der Waals surface area contributed by atoms with Crippen molar-refractivity contribution in [2.24, 2.45) is 0 Å². The van der Waals surface area contributed by atoms with Crippen LogP contribution in [0, 0.1) is 0 Å². The highest BCUT2D eigenvalue weighted by molar-refractivity contribution is 7.13. The smallest absolute Gasteiger partial charge is 0.257 e. The van der Waals surface area contributed by atoms with Crippen molar-refractivity contribution in [3.05, 3.63) is 76.8 Å². The van der Waals surface area contributed by atoms with Gasteiger partial charge in [0, 0.05) is 5.56 Å². The lowest BCUT2D eigenvalue weighted by molar-refractivity contribution is 0.102. The second-order valence-corrected chi connectivity index (χ2v) is 5.67. The molecule has 5 heteroatoms. The Kier molecular flexibility index (Phi) is 4.56. The van der Waals surface area contributed by atoms with Gasteiger partial charge >= 0.3 is 0 Å². The maximum atomic E-state index is 12.4. The number of carbonyl (C=O) groups is 1. The highest BCUT2D eigenvalue weighted by Gasteiger charge is 2.12. The second kappa shape index (κ2) is 6.95. The molecular weight excluding hydrogens is 294 g/mol. The van der Waals surface area contributed by atoms with Crippen LogP contribution in [-0.4, -0.2) is 16.1 Å². The molecule has 0 radical (unpaired) electrons. The van der Waals surface area contributed by atoms with Gasteiger partial charge in [0.2, 0.25) is 5.13 Å². The molecule has 3 aromatic rings. The molecule has 110 valence electrons. The van der Waals surface area contributed by atoms with Crippen LogP contribution < -0.4 is 5.32 Å². The molecule has 4 nitrogen and oxygen atoms in total. The molecule has 0 spiro atoms. The van der Waals surface area contributed by atoms with E-state index in [1.54, 1.807) is 5.51 Å². The number of hydrogen-bond acceptors (Lipinski definition) is 4. The maximum Gasteiger partial charge on any atom is 0.257 e. The zero-order valence-electron chi connectivity index (χ0n) is 11.9. The molecule has 0 atom stereocenters. The van der Waals surface area contributed by atoms with Gasteiger partial charge in [-0.2, -0.15) is 0 Å². The summed E-state index contributed by atoms with van der Waals surface area (Å²) in [6.45, 7) is 0. The Morgan fingerprint density at radius 1 is 1.00 bits per heavy atom. The summed E-state index contributed by atoms with van der Waals surface area (Å²) in [5.74, 6) is -0.139. The Bertz CT molecular complexity index is 742. The van der Waals surface area contributed by atoms with Crippen molar-refractivity contribution in [1.29, 1.82) is 0 Å². The van der Waals surface area contributed by atoms with Gasteiger partial charge in [-0.1, -0.05) is 59.9 Å². The first-order chi connectivity index (χ1) is 10.8. The lowest BCUT2D eigenvalue weighted by atomic mass is 9.99. The molecule has 2 aromatic carbocycles. The van der Waals surface area contributed by atoms with E-state index in [4.69, 9.17) is 0 Å². The standard InChI is InChI=1S/C17H15N3OS/c21-16(19-17-20-18-12-22-17)15-9-5-4-8-14(15)11-10-13-6-2-1-3-7-13/h1-9,12H,10-11H2,(H,19,20,21). The lowest BCUT2D eigenvalue weighted by Gasteiger charge is -2.09. The Morgan fingerprint density at radius 2 is 1.77 bits per heavy atom. The van der Waals surface area contributed by atoms with E-state index in [-0.39, 0.29) is 5.91 Å². The molecule has 0 saturated carbocycles.